The van der Waals surface area contributed by atoms with E-state index in [2.05, 4.69) is 39.2 Å². The maximum Gasteiger partial charge on any atom is 0.228 e. The fraction of sp³-hybridized carbons (Fsp3) is 0.500. The van der Waals surface area contributed by atoms with Crippen LogP contribution in [0.1, 0.15) is 38.4 Å². The number of hydrogen-bond donors (Lipinski definition) is 1. The predicted octanol–water partition coefficient (Wildman–Crippen LogP) is 2.13. The van der Waals surface area contributed by atoms with Crippen molar-refractivity contribution >= 4 is 17.4 Å². The maximum absolute atomic E-state index is 12.2. The minimum absolute atomic E-state index is 0.0690. The van der Waals surface area contributed by atoms with Crippen LogP contribution in [-0.2, 0) is 11.8 Å². The molecule has 4 rings (SSSR count). The lowest BCUT2D eigenvalue weighted by molar-refractivity contribution is -0.117. The lowest BCUT2D eigenvalue weighted by Gasteiger charge is -2.35. The molecule has 7 heteroatoms. The van der Waals surface area contributed by atoms with E-state index in [-0.39, 0.29) is 17.9 Å². The second kappa shape index (κ2) is 5.04. The number of nitrogens with one attached hydrogen (secondary N) is 1. The highest BCUT2D eigenvalue weighted by molar-refractivity contribution is 5.99. The number of amides is 1. The van der Waals surface area contributed by atoms with Crippen molar-refractivity contribution in [3.05, 3.63) is 18.0 Å². The predicted molar refractivity (Wildman–Crippen MR) is 87.0 cm³/mol. The lowest BCUT2D eigenvalue weighted by atomic mass is 9.98. The van der Waals surface area contributed by atoms with E-state index in [0.717, 1.165) is 42.0 Å². The first kappa shape index (κ1) is 14.2. The Bertz CT molecular complexity index is 779. The van der Waals surface area contributed by atoms with E-state index >= 15 is 0 Å². The SMILES string of the molecule is CCN1c2c(ccnc2NC(=O)C2CC2)-c2nn(C)nc2C1C. The average Bonchev–Trinajstić information content (AvgIpc) is 3.30. The first-order valence-electron chi connectivity index (χ1n) is 8.08. The van der Waals surface area contributed by atoms with Crippen molar-refractivity contribution in [3.63, 3.8) is 0 Å². The molecule has 1 saturated carbocycles. The summed E-state index contributed by atoms with van der Waals surface area (Å²) in [7, 11) is 1.83. The normalized spacial score (nSPS) is 19.3. The van der Waals surface area contributed by atoms with Gasteiger partial charge < -0.3 is 10.2 Å². The largest absolute Gasteiger partial charge is 0.360 e. The Labute approximate surface area is 134 Å². The molecule has 0 radical (unpaired) electrons. The van der Waals surface area contributed by atoms with Gasteiger partial charge in [0.1, 0.15) is 11.4 Å². The molecule has 1 amide bonds. The molecule has 3 heterocycles. The fourth-order valence-electron chi connectivity index (χ4n) is 3.26. The number of hydrogen-bond acceptors (Lipinski definition) is 5. The minimum atomic E-state index is 0.0690. The number of rotatable bonds is 3. The first-order chi connectivity index (χ1) is 11.1. The molecule has 0 saturated heterocycles. The number of aryl methyl sites for hydroxylation is 1. The summed E-state index contributed by atoms with van der Waals surface area (Å²) in [6.45, 7) is 5.02. The van der Waals surface area contributed by atoms with Crippen molar-refractivity contribution in [3.8, 4) is 11.3 Å². The maximum atomic E-state index is 12.2. The summed E-state index contributed by atoms with van der Waals surface area (Å²) in [6, 6.07) is 2.04. The highest BCUT2D eigenvalue weighted by Crippen LogP contribution is 2.46. The van der Waals surface area contributed by atoms with Crippen LogP contribution >= 0.6 is 0 Å². The number of carbonyl (C=O) groups is 1. The molecule has 1 unspecified atom stereocenters. The topological polar surface area (TPSA) is 75.9 Å². The number of aromatic nitrogens is 4. The highest BCUT2D eigenvalue weighted by Gasteiger charge is 2.35. The van der Waals surface area contributed by atoms with Crippen LogP contribution < -0.4 is 10.2 Å². The van der Waals surface area contributed by atoms with Crippen LogP contribution in [0.3, 0.4) is 0 Å². The average molecular weight is 312 g/mol. The number of anilines is 2. The molecule has 0 aromatic carbocycles. The minimum Gasteiger partial charge on any atom is -0.360 e. The molecule has 1 aliphatic heterocycles. The monoisotopic (exact) mass is 312 g/mol. The number of pyridine rings is 1. The zero-order valence-electron chi connectivity index (χ0n) is 13.6. The number of fused-ring (bicyclic) bond motifs is 3. The zero-order valence-corrected chi connectivity index (χ0v) is 13.6. The van der Waals surface area contributed by atoms with Gasteiger partial charge in [-0.15, -0.1) is 0 Å². The van der Waals surface area contributed by atoms with Gasteiger partial charge in [0, 0.05) is 31.3 Å². The van der Waals surface area contributed by atoms with Crippen molar-refractivity contribution < 1.29 is 4.79 Å². The van der Waals surface area contributed by atoms with Gasteiger partial charge in [-0.3, -0.25) is 4.79 Å². The van der Waals surface area contributed by atoms with Gasteiger partial charge in [0.15, 0.2) is 5.82 Å². The quantitative estimate of drug-likeness (QED) is 0.939. The molecule has 1 aliphatic carbocycles. The van der Waals surface area contributed by atoms with Crippen LogP contribution in [0.25, 0.3) is 11.3 Å². The third-order valence-corrected chi connectivity index (χ3v) is 4.60. The molecule has 7 nitrogen and oxygen atoms in total. The second-order valence-corrected chi connectivity index (χ2v) is 6.20. The van der Waals surface area contributed by atoms with Crippen LogP contribution in [0.5, 0.6) is 0 Å². The fourth-order valence-corrected chi connectivity index (χ4v) is 3.26. The molecule has 2 aromatic rings. The lowest BCUT2D eigenvalue weighted by Crippen LogP contribution is -2.32. The van der Waals surface area contributed by atoms with Crippen LogP contribution in [0.4, 0.5) is 11.5 Å². The van der Waals surface area contributed by atoms with Crippen LogP contribution in [0.15, 0.2) is 12.3 Å². The molecule has 2 aromatic heterocycles. The third-order valence-electron chi connectivity index (χ3n) is 4.60. The van der Waals surface area contributed by atoms with Crippen LogP contribution in [0.2, 0.25) is 0 Å². The Morgan fingerprint density at radius 1 is 1.39 bits per heavy atom. The second-order valence-electron chi connectivity index (χ2n) is 6.20. The summed E-state index contributed by atoms with van der Waals surface area (Å²) in [5.41, 5.74) is 3.77. The van der Waals surface area contributed by atoms with Crippen molar-refractivity contribution in [1.82, 2.24) is 20.0 Å². The molecule has 0 bridgehead atoms. The molecule has 2 aliphatic rings. The van der Waals surface area contributed by atoms with Gasteiger partial charge in [-0.05, 0) is 32.8 Å². The van der Waals surface area contributed by atoms with Crippen molar-refractivity contribution in [2.75, 3.05) is 16.8 Å². The van der Waals surface area contributed by atoms with E-state index in [4.69, 9.17) is 0 Å². The van der Waals surface area contributed by atoms with E-state index in [9.17, 15) is 4.79 Å². The molecular weight excluding hydrogens is 292 g/mol. The van der Waals surface area contributed by atoms with Crippen LogP contribution in [0, 0.1) is 5.92 Å². The molecule has 0 spiro atoms. The zero-order chi connectivity index (χ0) is 16.1. The van der Waals surface area contributed by atoms with Gasteiger partial charge in [-0.2, -0.15) is 15.0 Å². The van der Waals surface area contributed by atoms with Gasteiger partial charge in [0.2, 0.25) is 5.91 Å². The van der Waals surface area contributed by atoms with Crippen LogP contribution in [-0.4, -0.2) is 32.4 Å². The van der Waals surface area contributed by atoms with Gasteiger partial charge in [-0.1, -0.05) is 0 Å². The van der Waals surface area contributed by atoms with E-state index in [1.807, 2.05) is 13.1 Å². The van der Waals surface area contributed by atoms with Gasteiger partial charge in [0.05, 0.1) is 11.7 Å². The Kier molecular flexibility index (Phi) is 3.11. The molecule has 1 fully saturated rings. The third kappa shape index (κ3) is 2.18. The molecule has 120 valence electrons. The Balaban J connectivity index is 1.85. The smallest absolute Gasteiger partial charge is 0.228 e. The summed E-state index contributed by atoms with van der Waals surface area (Å²) in [4.78, 5) is 20.4. The summed E-state index contributed by atoms with van der Waals surface area (Å²) in [5, 5.41) is 12.0. The number of nitrogens with zero attached hydrogens (tertiary/aromatic N) is 5. The molecule has 1 atom stereocenters. The molecular formula is C16H20N6O. The summed E-state index contributed by atoms with van der Waals surface area (Å²) in [6.07, 6.45) is 3.68. The molecule has 23 heavy (non-hydrogen) atoms. The standard InChI is InChI=1S/C16H20N6O/c1-4-22-9(2)12-13(20-21(3)19-12)11-7-8-17-15(14(11)22)18-16(23)10-5-6-10/h7-10H,4-6H2,1-3H3,(H,17,18,23). The van der Waals surface area contributed by atoms with Crippen molar-refractivity contribution in [2.24, 2.45) is 13.0 Å². The Hall–Kier alpha value is -2.44. The summed E-state index contributed by atoms with van der Waals surface area (Å²) >= 11 is 0. The van der Waals surface area contributed by atoms with Gasteiger partial charge >= 0.3 is 0 Å². The van der Waals surface area contributed by atoms with E-state index < -0.39 is 0 Å². The summed E-state index contributed by atoms with van der Waals surface area (Å²) < 4.78 is 0. The molecule has 1 N–H and O–H groups in total. The first-order valence-corrected chi connectivity index (χ1v) is 8.08. The van der Waals surface area contributed by atoms with Crippen molar-refractivity contribution in [1.29, 1.82) is 0 Å². The van der Waals surface area contributed by atoms with E-state index in [1.54, 1.807) is 11.0 Å². The summed E-state index contributed by atoms with van der Waals surface area (Å²) in [5.74, 6) is 0.847. The van der Waals surface area contributed by atoms with Gasteiger partial charge in [-0.25, -0.2) is 4.98 Å². The Morgan fingerprint density at radius 2 is 2.17 bits per heavy atom. The number of carbonyl (C=O) groups excluding carboxylic acids is 1. The van der Waals surface area contributed by atoms with E-state index in [0.29, 0.717) is 5.82 Å². The van der Waals surface area contributed by atoms with Gasteiger partial charge in [0.25, 0.3) is 0 Å². The van der Waals surface area contributed by atoms with E-state index in [1.165, 1.54) is 0 Å². The highest BCUT2D eigenvalue weighted by atomic mass is 16.2. The Morgan fingerprint density at radius 3 is 2.87 bits per heavy atom. The van der Waals surface area contributed by atoms with Crippen molar-refractivity contribution in [2.45, 2.75) is 32.7 Å².